The summed E-state index contributed by atoms with van der Waals surface area (Å²) in [6, 6.07) is 6.55. The molecule has 2 rings (SSSR count). The third kappa shape index (κ3) is 4.25. The Bertz CT molecular complexity index is 690. The molecular formula is C17H20BrN3O4. The third-order valence-corrected chi connectivity index (χ3v) is 4.43. The van der Waals surface area contributed by atoms with Gasteiger partial charge in [0.25, 0.3) is 0 Å². The third-order valence-electron chi connectivity index (χ3n) is 3.90. The van der Waals surface area contributed by atoms with Crippen LogP contribution in [0.4, 0.5) is 4.79 Å². The fourth-order valence-electron chi connectivity index (χ4n) is 2.61. The minimum Gasteiger partial charge on any atom is -0.348 e. The summed E-state index contributed by atoms with van der Waals surface area (Å²) in [5.41, 5.74) is 0.918. The monoisotopic (exact) mass is 409 g/mol. The Labute approximate surface area is 154 Å². The molecule has 5 amide bonds. The van der Waals surface area contributed by atoms with Crippen LogP contribution in [-0.2, 0) is 14.4 Å². The van der Waals surface area contributed by atoms with Crippen molar-refractivity contribution in [2.45, 2.75) is 32.7 Å². The predicted molar refractivity (Wildman–Crippen MR) is 94.4 cm³/mol. The SMILES string of the molecule is CCCN1C(=O)C(=O)N(CC(=O)N[C@H](CC)c2ccc(Br)cc2)C1=O. The number of nitrogens with one attached hydrogen (secondary N) is 1. The van der Waals surface area contributed by atoms with E-state index in [1.807, 2.05) is 31.2 Å². The van der Waals surface area contributed by atoms with Gasteiger partial charge >= 0.3 is 17.8 Å². The van der Waals surface area contributed by atoms with Crippen molar-refractivity contribution < 1.29 is 19.2 Å². The molecule has 134 valence electrons. The molecule has 1 aliphatic heterocycles. The van der Waals surface area contributed by atoms with Gasteiger partial charge in [0.2, 0.25) is 5.91 Å². The maximum atomic E-state index is 12.3. The first-order chi connectivity index (χ1) is 11.9. The molecule has 1 saturated heterocycles. The second-order valence-corrected chi connectivity index (χ2v) is 6.63. The molecule has 1 atom stereocenters. The second kappa shape index (κ2) is 8.24. The van der Waals surface area contributed by atoms with E-state index >= 15 is 0 Å². The van der Waals surface area contributed by atoms with Crippen LogP contribution in [0.1, 0.15) is 38.3 Å². The number of hydrogen-bond donors (Lipinski definition) is 1. The highest BCUT2D eigenvalue weighted by Crippen LogP contribution is 2.20. The topological polar surface area (TPSA) is 86.8 Å². The summed E-state index contributed by atoms with van der Waals surface area (Å²) in [7, 11) is 0. The minimum absolute atomic E-state index is 0.165. The molecular weight excluding hydrogens is 390 g/mol. The highest BCUT2D eigenvalue weighted by Gasteiger charge is 2.44. The zero-order valence-corrected chi connectivity index (χ0v) is 15.7. The smallest absolute Gasteiger partial charge is 0.334 e. The van der Waals surface area contributed by atoms with E-state index in [4.69, 9.17) is 0 Å². The summed E-state index contributed by atoms with van der Waals surface area (Å²) in [6.45, 7) is 3.42. The molecule has 0 radical (unpaired) electrons. The van der Waals surface area contributed by atoms with Crippen molar-refractivity contribution in [3.63, 3.8) is 0 Å². The van der Waals surface area contributed by atoms with Gasteiger partial charge in [0.15, 0.2) is 0 Å². The van der Waals surface area contributed by atoms with Gasteiger partial charge in [0.05, 0.1) is 6.04 Å². The van der Waals surface area contributed by atoms with Crippen LogP contribution in [0.15, 0.2) is 28.7 Å². The van der Waals surface area contributed by atoms with E-state index in [2.05, 4.69) is 21.2 Å². The van der Waals surface area contributed by atoms with Crippen LogP contribution in [0.2, 0.25) is 0 Å². The van der Waals surface area contributed by atoms with Crippen molar-refractivity contribution in [1.29, 1.82) is 0 Å². The molecule has 0 aromatic heterocycles. The number of halogens is 1. The van der Waals surface area contributed by atoms with Gasteiger partial charge in [-0.25, -0.2) is 9.69 Å². The van der Waals surface area contributed by atoms with E-state index in [9.17, 15) is 19.2 Å². The van der Waals surface area contributed by atoms with Crippen LogP contribution in [0.3, 0.4) is 0 Å². The number of imide groups is 2. The Morgan fingerprint density at radius 1 is 1.08 bits per heavy atom. The van der Waals surface area contributed by atoms with Crippen molar-refractivity contribution in [3.05, 3.63) is 34.3 Å². The van der Waals surface area contributed by atoms with Crippen LogP contribution in [0.25, 0.3) is 0 Å². The maximum Gasteiger partial charge on any atom is 0.334 e. The lowest BCUT2D eigenvalue weighted by atomic mass is 10.0. The Morgan fingerprint density at radius 2 is 1.68 bits per heavy atom. The molecule has 25 heavy (non-hydrogen) atoms. The van der Waals surface area contributed by atoms with Crippen molar-refractivity contribution >= 4 is 39.7 Å². The molecule has 0 bridgehead atoms. The molecule has 1 fully saturated rings. The van der Waals surface area contributed by atoms with Crippen LogP contribution >= 0.6 is 15.9 Å². The largest absolute Gasteiger partial charge is 0.348 e. The van der Waals surface area contributed by atoms with Gasteiger partial charge in [-0.1, -0.05) is 41.9 Å². The molecule has 1 N–H and O–H groups in total. The summed E-state index contributed by atoms with van der Waals surface area (Å²) in [4.78, 5) is 49.7. The average Bonchev–Trinajstić information content (AvgIpc) is 2.79. The van der Waals surface area contributed by atoms with Gasteiger partial charge in [0, 0.05) is 11.0 Å². The Balaban J connectivity index is 2.03. The van der Waals surface area contributed by atoms with E-state index in [1.54, 1.807) is 6.92 Å². The first-order valence-electron chi connectivity index (χ1n) is 8.11. The quantitative estimate of drug-likeness (QED) is 0.552. The fourth-order valence-corrected chi connectivity index (χ4v) is 2.87. The summed E-state index contributed by atoms with van der Waals surface area (Å²) in [5, 5.41) is 2.80. The second-order valence-electron chi connectivity index (χ2n) is 5.71. The van der Waals surface area contributed by atoms with E-state index in [0.717, 1.165) is 14.9 Å². The number of rotatable bonds is 7. The Kier molecular flexibility index (Phi) is 6.30. The molecule has 7 nitrogen and oxygen atoms in total. The summed E-state index contributed by atoms with van der Waals surface area (Å²) < 4.78 is 0.931. The molecule has 0 unspecified atom stereocenters. The van der Waals surface area contributed by atoms with Gasteiger partial charge in [-0.3, -0.25) is 19.3 Å². The molecule has 1 aromatic rings. The first kappa shape index (κ1) is 19.1. The molecule has 0 saturated carbocycles. The van der Waals surface area contributed by atoms with Gasteiger partial charge < -0.3 is 5.32 Å². The summed E-state index contributed by atoms with van der Waals surface area (Å²) in [5.74, 6) is -2.31. The van der Waals surface area contributed by atoms with E-state index in [-0.39, 0.29) is 12.6 Å². The Hall–Kier alpha value is -2.22. The number of amides is 5. The normalized spacial score (nSPS) is 15.7. The standard InChI is InChI=1S/C17H20BrN3O4/c1-3-9-20-15(23)16(24)21(17(20)25)10-14(22)19-13(4-2)11-5-7-12(18)8-6-11/h5-8,13H,3-4,9-10H2,1-2H3,(H,19,22)/t13-/m1/s1. The molecule has 0 aliphatic carbocycles. The number of carbonyl (C=O) groups excluding carboxylic acids is 4. The van der Waals surface area contributed by atoms with E-state index < -0.39 is 30.3 Å². The lowest BCUT2D eigenvalue weighted by molar-refractivity contribution is -0.144. The number of carbonyl (C=O) groups is 4. The molecule has 8 heteroatoms. The van der Waals surface area contributed by atoms with Gasteiger partial charge in [-0.2, -0.15) is 0 Å². The van der Waals surface area contributed by atoms with Gasteiger partial charge in [-0.15, -0.1) is 0 Å². The van der Waals surface area contributed by atoms with Crippen molar-refractivity contribution in [2.75, 3.05) is 13.1 Å². The van der Waals surface area contributed by atoms with Crippen LogP contribution in [0, 0.1) is 0 Å². The lowest BCUT2D eigenvalue weighted by Crippen LogP contribution is -2.42. The summed E-state index contributed by atoms with van der Waals surface area (Å²) >= 11 is 3.36. The van der Waals surface area contributed by atoms with Crippen LogP contribution in [0.5, 0.6) is 0 Å². The fraction of sp³-hybridized carbons (Fsp3) is 0.412. The predicted octanol–water partition coefficient (Wildman–Crippen LogP) is 2.22. The number of nitrogens with zero attached hydrogens (tertiary/aromatic N) is 2. The molecule has 0 spiro atoms. The first-order valence-corrected chi connectivity index (χ1v) is 8.90. The van der Waals surface area contributed by atoms with Gasteiger partial charge in [-0.05, 0) is 30.5 Å². The number of benzene rings is 1. The number of urea groups is 1. The minimum atomic E-state index is -0.953. The maximum absolute atomic E-state index is 12.3. The van der Waals surface area contributed by atoms with Crippen LogP contribution in [-0.4, -0.2) is 46.6 Å². The summed E-state index contributed by atoms with van der Waals surface area (Å²) in [6.07, 6.45) is 1.20. The molecule has 1 aliphatic rings. The highest BCUT2D eigenvalue weighted by atomic mass is 79.9. The van der Waals surface area contributed by atoms with Gasteiger partial charge in [0.1, 0.15) is 6.54 Å². The van der Waals surface area contributed by atoms with Crippen molar-refractivity contribution in [2.24, 2.45) is 0 Å². The lowest BCUT2D eigenvalue weighted by Gasteiger charge is -2.20. The van der Waals surface area contributed by atoms with Crippen LogP contribution < -0.4 is 5.32 Å². The van der Waals surface area contributed by atoms with Crippen molar-refractivity contribution in [3.8, 4) is 0 Å². The molecule has 1 aromatic carbocycles. The average molecular weight is 410 g/mol. The Morgan fingerprint density at radius 3 is 2.24 bits per heavy atom. The zero-order valence-electron chi connectivity index (χ0n) is 14.1. The molecule has 1 heterocycles. The van der Waals surface area contributed by atoms with E-state index in [1.165, 1.54) is 0 Å². The highest BCUT2D eigenvalue weighted by molar-refractivity contribution is 9.10. The zero-order chi connectivity index (χ0) is 18.6. The van der Waals surface area contributed by atoms with Crippen molar-refractivity contribution in [1.82, 2.24) is 15.1 Å². The number of hydrogen-bond acceptors (Lipinski definition) is 4. The van der Waals surface area contributed by atoms with E-state index in [0.29, 0.717) is 17.7 Å².